The van der Waals surface area contributed by atoms with Crippen molar-refractivity contribution in [3.63, 3.8) is 0 Å². The van der Waals surface area contributed by atoms with Crippen LogP contribution in [0.3, 0.4) is 0 Å². The lowest BCUT2D eigenvalue weighted by Gasteiger charge is -2.13. The Morgan fingerprint density at radius 2 is 2.24 bits per heavy atom. The van der Waals surface area contributed by atoms with Crippen LogP contribution in [0.5, 0.6) is 0 Å². The Hall–Kier alpha value is -0.830. The monoisotopic (exact) mass is 235 g/mol. The van der Waals surface area contributed by atoms with E-state index in [-0.39, 0.29) is 0 Å². The minimum absolute atomic E-state index is 0.674. The van der Waals surface area contributed by atoms with E-state index in [1.54, 1.807) is 0 Å². The van der Waals surface area contributed by atoms with Gasteiger partial charge < -0.3 is 5.32 Å². The number of aromatic nitrogens is 2. The average Bonchev–Trinajstić information content (AvgIpc) is 2.98. The standard InChI is InChI=1S/C14H25N3/c1-3-12(11-15-2)10-13-8-9-17(16-13)14-6-4-5-7-14/h8-9,12,14-15H,3-7,10-11H2,1-2H3. The van der Waals surface area contributed by atoms with Crippen LogP contribution in [-0.2, 0) is 6.42 Å². The molecule has 0 spiro atoms. The van der Waals surface area contributed by atoms with Gasteiger partial charge in [0, 0.05) is 6.20 Å². The zero-order valence-electron chi connectivity index (χ0n) is 11.2. The van der Waals surface area contributed by atoms with Crippen LogP contribution in [0, 0.1) is 5.92 Å². The third kappa shape index (κ3) is 3.32. The lowest BCUT2D eigenvalue weighted by atomic mass is 10.0. The predicted octanol–water partition coefficient (Wildman–Crippen LogP) is 2.79. The summed E-state index contributed by atoms with van der Waals surface area (Å²) in [6, 6.07) is 2.88. The van der Waals surface area contributed by atoms with E-state index >= 15 is 0 Å². The van der Waals surface area contributed by atoms with Crippen molar-refractivity contribution in [3.05, 3.63) is 18.0 Å². The predicted molar refractivity (Wildman–Crippen MR) is 71.1 cm³/mol. The van der Waals surface area contributed by atoms with Crippen molar-refractivity contribution in [2.45, 2.75) is 51.5 Å². The molecule has 96 valence electrons. The van der Waals surface area contributed by atoms with E-state index in [2.05, 4.69) is 29.2 Å². The van der Waals surface area contributed by atoms with Gasteiger partial charge >= 0.3 is 0 Å². The SMILES string of the molecule is CCC(CNC)Cc1ccn(C2CCCC2)n1. The van der Waals surface area contributed by atoms with Crippen LogP contribution < -0.4 is 5.32 Å². The van der Waals surface area contributed by atoms with Gasteiger partial charge in [0.1, 0.15) is 0 Å². The summed E-state index contributed by atoms with van der Waals surface area (Å²) >= 11 is 0. The van der Waals surface area contributed by atoms with Crippen molar-refractivity contribution in [2.75, 3.05) is 13.6 Å². The summed E-state index contributed by atoms with van der Waals surface area (Å²) in [4.78, 5) is 0. The molecule has 0 bridgehead atoms. The fraction of sp³-hybridized carbons (Fsp3) is 0.786. The lowest BCUT2D eigenvalue weighted by Crippen LogP contribution is -2.20. The minimum atomic E-state index is 0.674. The molecule has 1 atom stereocenters. The first-order valence-corrected chi connectivity index (χ1v) is 7.02. The van der Waals surface area contributed by atoms with Crippen LogP contribution >= 0.6 is 0 Å². The van der Waals surface area contributed by atoms with Crippen LogP contribution in [0.4, 0.5) is 0 Å². The third-order valence-corrected chi connectivity index (χ3v) is 3.93. The van der Waals surface area contributed by atoms with Gasteiger partial charge in [-0.3, -0.25) is 4.68 Å². The fourth-order valence-corrected chi connectivity index (χ4v) is 2.80. The maximum atomic E-state index is 4.75. The molecule has 0 amide bonds. The molecule has 1 aliphatic carbocycles. The molecule has 3 nitrogen and oxygen atoms in total. The molecule has 1 aromatic rings. The zero-order chi connectivity index (χ0) is 12.1. The van der Waals surface area contributed by atoms with Crippen molar-refractivity contribution in [3.8, 4) is 0 Å². The molecule has 0 radical (unpaired) electrons. The van der Waals surface area contributed by atoms with Crippen molar-refractivity contribution < 1.29 is 0 Å². The summed E-state index contributed by atoms with van der Waals surface area (Å²) < 4.78 is 2.20. The second-order valence-electron chi connectivity index (χ2n) is 5.26. The van der Waals surface area contributed by atoms with Crippen LogP contribution in [0.25, 0.3) is 0 Å². The Balaban J connectivity index is 1.92. The van der Waals surface area contributed by atoms with E-state index in [1.165, 1.54) is 37.8 Å². The molecular weight excluding hydrogens is 210 g/mol. The number of nitrogens with zero attached hydrogens (tertiary/aromatic N) is 2. The molecule has 1 saturated carbocycles. The van der Waals surface area contributed by atoms with Gasteiger partial charge in [-0.2, -0.15) is 5.10 Å². The molecule has 3 heteroatoms. The quantitative estimate of drug-likeness (QED) is 0.821. The topological polar surface area (TPSA) is 29.9 Å². The van der Waals surface area contributed by atoms with Crippen molar-refractivity contribution in [1.29, 1.82) is 0 Å². The maximum Gasteiger partial charge on any atom is 0.0627 e. The number of rotatable bonds is 6. The molecule has 1 heterocycles. The average molecular weight is 235 g/mol. The van der Waals surface area contributed by atoms with Crippen LogP contribution in [0.1, 0.15) is 50.8 Å². The highest BCUT2D eigenvalue weighted by Crippen LogP contribution is 2.28. The maximum absolute atomic E-state index is 4.75. The van der Waals surface area contributed by atoms with E-state index in [4.69, 9.17) is 5.10 Å². The van der Waals surface area contributed by atoms with Gasteiger partial charge in [0.15, 0.2) is 0 Å². The van der Waals surface area contributed by atoms with Gasteiger partial charge in [-0.15, -0.1) is 0 Å². The van der Waals surface area contributed by atoms with E-state index in [1.807, 2.05) is 7.05 Å². The largest absolute Gasteiger partial charge is 0.319 e. The smallest absolute Gasteiger partial charge is 0.0627 e. The Kier molecular flexibility index (Phi) is 4.60. The molecule has 1 fully saturated rings. The van der Waals surface area contributed by atoms with Crippen molar-refractivity contribution >= 4 is 0 Å². The fourth-order valence-electron chi connectivity index (χ4n) is 2.80. The molecular formula is C14H25N3. The lowest BCUT2D eigenvalue weighted by molar-refractivity contribution is 0.445. The molecule has 0 saturated heterocycles. The van der Waals surface area contributed by atoms with Crippen LogP contribution in [0.15, 0.2) is 12.3 Å². The Bertz CT molecular complexity index is 326. The normalized spacial score (nSPS) is 18.7. The first-order chi connectivity index (χ1) is 8.33. The second-order valence-corrected chi connectivity index (χ2v) is 5.26. The molecule has 1 aromatic heterocycles. The molecule has 0 aromatic carbocycles. The number of hydrogen-bond acceptors (Lipinski definition) is 2. The summed E-state index contributed by atoms with van der Waals surface area (Å²) in [7, 11) is 2.03. The van der Waals surface area contributed by atoms with Crippen molar-refractivity contribution in [2.24, 2.45) is 5.92 Å². The third-order valence-electron chi connectivity index (χ3n) is 3.93. The van der Waals surface area contributed by atoms with Crippen LogP contribution in [-0.4, -0.2) is 23.4 Å². The molecule has 1 N–H and O–H groups in total. The second kappa shape index (κ2) is 6.20. The Labute approximate surface area is 105 Å². The summed E-state index contributed by atoms with van der Waals surface area (Å²) in [5, 5.41) is 8.02. The van der Waals surface area contributed by atoms with E-state index < -0.39 is 0 Å². The highest BCUT2D eigenvalue weighted by atomic mass is 15.3. The minimum Gasteiger partial charge on any atom is -0.319 e. The van der Waals surface area contributed by atoms with E-state index in [0.717, 1.165) is 13.0 Å². The highest BCUT2D eigenvalue weighted by molar-refractivity contribution is 5.01. The van der Waals surface area contributed by atoms with Gasteiger partial charge in [0.25, 0.3) is 0 Å². The summed E-state index contributed by atoms with van der Waals surface area (Å²) in [6.45, 7) is 3.35. The van der Waals surface area contributed by atoms with E-state index in [9.17, 15) is 0 Å². The van der Waals surface area contributed by atoms with E-state index in [0.29, 0.717) is 12.0 Å². The summed E-state index contributed by atoms with van der Waals surface area (Å²) in [5.74, 6) is 0.715. The molecule has 0 aliphatic heterocycles. The van der Waals surface area contributed by atoms with Crippen LogP contribution in [0.2, 0.25) is 0 Å². The summed E-state index contributed by atoms with van der Waals surface area (Å²) in [5.41, 5.74) is 1.26. The number of nitrogens with one attached hydrogen (secondary N) is 1. The van der Waals surface area contributed by atoms with Gasteiger partial charge in [0.05, 0.1) is 11.7 Å². The first kappa shape index (κ1) is 12.6. The van der Waals surface area contributed by atoms with Crippen molar-refractivity contribution in [1.82, 2.24) is 15.1 Å². The summed E-state index contributed by atoms with van der Waals surface area (Å²) in [6.07, 6.45) is 9.88. The van der Waals surface area contributed by atoms with Gasteiger partial charge in [-0.05, 0) is 44.8 Å². The molecule has 1 unspecified atom stereocenters. The molecule has 2 rings (SSSR count). The van der Waals surface area contributed by atoms with Gasteiger partial charge in [-0.25, -0.2) is 0 Å². The Morgan fingerprint density at radius 3 is 2.88 bits per heavy atom. The highest BCUT2D eigenvalue weighted by Gasteiger charge is 2.18. The molecule has 1 aliphatic rings. The number of hydrogen-bond donors (Lipinski definition) is 1. The molecule has 17 heavy (non-hydrogen) atoms. The zero-order valence-corrected chi connectivity index (χ0v) is 11.2. The first-order valence-electron chi connectivity index (χ1n) is 7.02. The Morgan fingerprint density at radius 1 is 1.47 bits per heavy atom. The van der Waals surface area contributed by atoms with Gasteiger partial charge in [0.2, 0.25) is 0 Å². The van der Waals surface area contributed by atoms with Gasteiger partial charge in [-0.1, -0.05) is 26.2 Å².